The number of fused-ring (bicyclic) bond motifs is 1. The van der Waals surface area contributed by atoms with Gasteiger partial charge < -0.3 is 20.1 Å². The van der Waals surface area contributed by atoms with Gasteiger partial charge in [0.05, 0.1) is 0 Å². The molecule has 2 N–H and O–H groups in total. The molecule has 1 aliphatic rings. The quantitative estimate of drug-likeness (QED) is 0.872. The van der Waals surface area contributed by atoms with Crippen molar-refractivity contribution in [1.29, 1.82) is 0 Å². The molecule has 6 heteroatoms. The fraction of sp³-hybridized carbons (Fsp3) is 0.500. The molecule has 0 bridgehead atoms. The van der Waals surface area contributed by atoms with Gasteiger partial charge in [0.25, 0.3) is 0 Å². The fourth-order valence-electron chi connectivity index (χ4n) is 3.46. The Morgan fingerprint density at radius 3 is 3.08 bits per heavy atom. The number of nitrogens with one attached hydrogen (secondary N) is 2. The molecule has 1 saturated heterocycles. The molecule has 0 saturated carbocycles. The Kier molecular flexibility index (Phi) is 5.31. The molecule has 0 aliphatic carbocycles. The van der Waals surface area contributed by atoms with Crippen LogP contribution in [0.3, 0.4) is 0 Å². The summed E-state index contributed by atoms with van der Waals surface area (Å²) in [4.78, 5) is 19.6. The zero-order chi connectivity index (χ0) is 17.1. The first-order chi connectivity index (χ1) is 11.5. The zero-order valence-corrected chi connectivity index (χ0v) is 15.1. The molecule has 1 aliphatic heterocycles. The van der Waals surface area contributed by atoms with E-state index in [1.165, 1.54) is 10.9 Å². The molecule has 24 heavy (non-hydrogen) atoms. The molecule has 1 aromatic carbocycles. The largest absolute Gasteiger partial charge is 0.361 e. The number of rotatable bonds is 5. The number of nitrogens with zero attached hydrogens (tertiary/aromatic N) is 2. The summed E-state index contributed by atoms with van der Waals surface area (Å²) in [7, 11) is 4.16. The van der Waals surface area contributed by atoms with Crippen molar-refractivity contribution in [3.63, 3.8) is 0 Å². The molecule has 130 valence electrons. The van der Waals surface area contributed by atoms with Crippen LogP contribution in [-0.2, 0) is 6.42 Å². The van der Waals surface area contributed by atoms with Crippen molar-refractivity contribution in [1.82, 2.24) is 20.1 Å². The van der Waals surface area contributed by atoms with Crippen molar-refractivity contribution < 1.29 is 4.79 Å². The van der Waals surface area contributed by atoms with Gasteiger partial charge in [-0.1, -0.05) is 17.7 Å². The Balaban J connectivity index is 1.48. The van der Waals surface area contributed by atoms with Gasteiger partial charge in [0.1, 0.15) is 0 Å². The van der Waals surface area contributed by atoms with E-state index in [9.17, 15) is 4.79 Å². The first kappa shape index (κ1) is 17.1. The van der Waals surface area contributed by atoms with Gasteiger partial charge in [0, 0.05) is 48.3 Å². The van der Waals surface area contributed by atoms with E-state index >= 15 is 0 Å². The van der Waals surface area contributed by atoms with Crippen LogP contribution in [0.25, 0.3) is 10.9 Å². The topological polar surface area (TPSA) is 51.4 Å². The van der Waals surface area contributed by atoms with Gasteiger partial charge in [-0.15, -0.1) is 0 Å². The molecule has 3 rings (SSSR count). The van der Waals surface area contributed by atoms with Gasteiger partial charge in [-0.3, -0.25) is 0 Å². The van der Waals surface area contributed by atoms with E-state index in [0.717, 1.165) is 43.0 Å². The van der Waals surface area contributed by atoms with E-state index in [0.29, 0.717) is 12.5 Å². The zero-order valence-electron chi connectivity index (χ0n) is 14.3. The second-order valence-electron chi connectivity index (χ2n) is 6.85. The molecule has 0 spiro atoms. The predicted molar refractivity (Wildman–Crippen MR) is 98.6 cm³/mol. The van der Waals surface area contributed by atoms with Gasteiger partial charge in [0.15, 0.2) is 0 Å². The number of amides is 2. The van der Waals surface area contributed by atoms with Crippen LogP contribution in [0.5, 0.6) is 0 Å². The highest BCUT2D eigenvalue weighted by Gasteiger charge is 2.26. The normalized spacial score (nSPS) is 17.8. The van der Waals surface area contributed by atoms with Gasteiger partial charge in [0.2, 0.25) is 0 Å². The van der Waals surface area contributed by atoms with Crippen LogP contribution in [0.4, 0.5) is 4.79 Å². The molecule has 2 aromatic rings. The van der Waals surface area contributed by atoms with Crippen LogP contribution in [0.1, 0.15) is 12.0 Å². The maximum Gasteiger partial charge on any atom is 0.317 e. The number of aromatic amines is 1. The lowest BCUT2D eigenvalue weighted by Gasteiger charge is -2.19. The van der Waals surface area contributed by atoms with Crippen molar-refractivity contribution >= 4 is 28.5 Å². The smallest absolute Gasteiger partial charge is 0.317 e. The lowest BCUT2D eigenvalue weighted by atomic mass is 10.1. The number of benzene rings is 1. The van der Waals surface area contributed by atoms with Crippen molar-refractivity contribution in [2.45, 2.75) is 12.8 Å². The molecule has 0 radical (unpaired) electrons. The van der Waals surface area contributed by atoms with E-state index in [2.05, 4.69) is 29.3 Å². The van der Waals surface area contributed by atoms with Gasteiger partial charge >= 0.3 is 6.03 Å². The third-order valence-electron chi connectivity index (χ3n) is 4.60. The lowest BCUT2D eigenvalue weighted by Crippen LogP contribution is -2.39. The molecular weight excluding hydrogens is 324 g/mol. The minimum Gasteiger partial charge on any atom is -0.361 e. The van der Waals surface area contributed by atoms with E-state index < -0.39 is 0 Å². The van der Waals surface area contributed by atoms with E-state index in [-0.39, 0.29) is 6.03 Å². The molecule has 1 aromatic heterocycles. The second kappa shape index (κ2) is 7.45. The van der Waals surface area contributed by atoms with Crippen molar-refractivity contribution in [2.24, 2.45) is 5.92 Å². The highest BCUT2D eigenvalue weighted by atomic mass is 35.5. The minimum absolute atomic E-state index is 0.0548. The third kappa shape index (κ3) is 4.02. The average Bonchev–Trinajstić information content (AvgIpc) is 3.13. The van der Waals surface area contributed by atoms with Crippen LogP contribution in [-0.4, -0.2) is 61.1 Å². The fourth-order valence-corrected chi connectivity index (χ4v) is 3.64. The molecule has 1 fully saturated rings. The average molecular weight is 349 g/mol. The molecule has 2 heterocycles. The summed E-state index contributed by atoms with van der Waals surface area (Å²) >= 11 is 6.00. The standard InChI is InChI=1S/C18H25ClN4O/c1-22(2)11-13-6-8-23(12-13)18(24)20-7-5-14-10-21-17-9-15(19)3-4-16(14)17/h3-4,9-10,13,21H,5-8,11-12H2,1-2H3,(H,20,24)/t13-/m1/s1. The Morgan fingerprint density at radius 2 is 2.29 bits per heavy atom. The van der Waals surface area contributed by atoms with E-state index in [1.54, 1.807) is 0 Å². The Morgan fingerprint density at radius 1 is 1.46 bits per heavy atom. The molecule has 2 amide bonds. The van der Waals surface area contributed by atoms with Crippen LogP contribution in [0.2, 0.25) is 5.02 Å². The number of carbonyl (C=O) groups excluding carboxylic acids is 1. The Bertz CT molecular complexity index is 712. The Labute approximate surface area is 148 Å². The minimum atomic E-state index is 0.0548. The summed E-state index contributed by atoms with van der Waals surface area (Å²) < 4.78 is 0. The summed E-state index contributed by atoms with van der Waals surface area (Å²) in [5.74, 6) is 0.587. The maximum atomic E-state index is 12.3. The SMILES string of the molecule is CN(C)C[C@H]1CCN(C(=O)NCCc2c[nH]c3cc(Cl)ccc23)C1. The number of likely N-dealkylation sites (tertiary alicyclic amines) is 1. The molecule has 5 nitrogen and oxygen atoms in total. The Hall–Kier alpha value is -1.72. The molecule has 0 unspecified atom stereocenters. The number of hydrogen-bond donors (Lipinski definition) is 2. The van der Waals surface area contributed by atoms with Crippen LogP contribution in [0, 0.1) is 5.92 Å². The van der Waals surface area contributed by atoms with Crippen LogP contribution < -0.4 is 5.32 Å². The highest BCUT2D eigenvalue weighted by molar-refractivity contribution is 6.31. The van der Waals surface area contributed by atoms with Gasteiger partial charge in [-0.2, -0.15) is 0 Å². The number of carbonyl (C=O) groups is 1. The van der Waals surface area contributed by atoms with Crippen molar-refractivity contribution in [2.75, 3.05) is 40.3 Å². The number of urea groups is 1. The summed E-state index contributed by atoms with van der Waals surface area (Å²) in [6.45, 7) is 3.40. The van der Waals surface area contributed by atoms with Crippen LogP contribution in [0.15, 0.2) is 24.4 Å². The van der Waals surface area contributed by atoms with Crippen molar-refractivity contribution in [3.05, 3.63) is 35.0 Å². The lowest BCUT2D eigenvalue weighted by molar-refractivity contribution is 0.205. The highest BCUT2D eigenvalue weighted by Crippen LogP contribution is 2.22. The number of aromatic nitrogens is 1. The number of H-pyrrole nitrogens is 1. The van der Waals surface area contributed by atoms with E-state index in [1.807, 2.05) is 29.3 Å². The molecule has 1 atom stereocenters. The number of hydrogen-bond acceptors (Lipinski definition) is 2. The van der Waals surface area contributed by atoms with Crippen molar-refractivity contribution in [3.8, 4) is 0 Å². The third-order valence-corrected chi connectivity index (χ3v) is 4.83. The predicted octanol–water partition coefficient (Wildman–Crippen LogP) is 2.96. The van der Waals surface area contributed by atoms with Crippen LogP contribution >= 0.6 is 11.6 Å². The summed E-state index contributed by atoms with van der Waals surface area (Å²) in [5, 5.41) is 4.94. The summed E-state index contributed by atoms with van der Waals surface area (Å²) in [6.07, 6.45) is 3.90. The molecular formula is C18H25ClN4O. The van der Waals surface area contributed by atoms with Gasteiger partial charge in [-0.25, -0.2) is 4.79 Å². The first-order valence-corrected chi connectivity index (χ1v) is 8.84. The second-order valence-corrected chi connectivity index (χ2v) is 7.29. The summed E-state index contributed by atoms with van der Waals surface area (Å²) in [5.41, 5.74) is 2.24. The number of halogens is 1. The first-order valence-electron chi connectivity index (χ1n) is 8.46. The monoisotopic (exact) mass is 348 g/mol. The maximum absolute atomic E-state index is 12.3. The van der Waals surface area contributed by atoms with Gasteiger partial charge in [-0.05, 0) is 50.6 Å². The van der Waals surface area contributed by atoms with E-state index in [4.69, 9.17) is 11.6 Å². The summed E-state index contributed by atoms with van der Waals surface area (Å²) in [6, 6.07) is 5.90.